The molecule has 100 valence electrons. The molecule has 2 aromatic carbocycles. The third kappa shape index (κ3) is 2.82. The maximum atomic E-state index is 2.63. The van der Waals surface area contributed by atoms with Gasteiger partial charge in [-0.2, -0.15) is 0 Å². The molecule has 1 saturated heterocycles. The summed E-state index contributed by atoms with van der Waals surface area (Å²) in [6, 6.07) is 15.5. The van der Waals surface area contributed by atoms with Crippen molar-refractivity contribution >= 4 is 10.8 Å². The maximum absolute atomic E-state index is 2.63. The number of benzene rings is 2. The zero-order chi connectivity index (χ0) is 13.1. The highest BCUT2D eigenvalue weighted by Gasteiger charge is 2.15. The monoisotopic (exact) mass is 253 g/mol. The van der Waals surface area contributed by atoms with Crippen LogP contribution in [0.4, 0.5) is 0 Å². The molecule has 1 aliphatic rings. The Balaban J connectivity index is 1.82. The van der Waals surface area contributed by atoms with Crippen LogP contribution in [0.5, 0.6) is 0 Å². The summed E-state index contributed by atoms with van der Waals surface area (Å²) in [6.45, 7) is 6.15. The SMILES string of the molecule is CC(CN1CCCCC1)c1cccc2ccccc12. The summed E-state index contributed by atoms with van der Waals surface area (Å²) < 4.78 is 0. The molecule has 19 heavy (non-hydrogen) atoms. The van der Waals surface area contributed by atoms with Gasteiger partial charge in [-0.15, -0.1) is 0 Å². The molecule has 0 N–H and O–H groups in total. The predicted molar refractivity (Wildman–Crippen MR) is 82.7 cm³/mol. The second-order valence-electron chi connectivity index (χ2n) is 5.83. The Morgan fingerprint density at radius 2 is 1.68 bits per heavy atom. The number of hydrogen-bond acceptors (Lipinski definition) is 1. The van der Waals surface area contributed by atoms with Crippen LogP contribution in [0.2, 0.25) is 0 Å². The summed E-state index contributed by atoms with van der Waals surface area (Å²) in [7, 11) is 0. The molecular weight excluding hydrogens is 230 g/mol. The molecule has 0 saturated carbocycles. The van der Waals surface area contributed by atoms with E-state index in [4.69, 9.17) is 0 Å². The van der Waals surface area contributed by atoms with E-state index in [1.807, 2.05) is 0 Å². The summed E-state index contributed by atoms with van der Waals surface area (Å²) >= 11 is 0. The van der Waals surface area contributed by atoms with Crippen LogP contribution in [0, 0.1) is 0 Å². The van der Waals surface area contributed by atoms with Crippen molar-refractivity contribution in [3.8, 4) is 0 Å². The van der Waals surface area contributed by atoms with Crippen molar-refractivity contribution in [2.24, 2.45) is 0 Å². The topological polar surface area (TPSA) is 3.24 Å². The van der Waals surface area contributed by atoms with Gasteiger partial charge in [0.15, 0.2) is 0 Å². The zero-order valence-corrected chi connectivity index (χ0v) is 11.8. The van der Waals surface area contributed by atoms with Gasteiger partial charge in [-0.05, 0) is 48.2 Å². The molecule has 1 atom stereocenters. The third-order valence-electron chi connectivity index (χ3n) is 4.34. The molecular formula is C18H23N. The van der Waals surface area contributed by atoms with E-state index < -0.39 is 0 Å². The van der Waals surface area contributed by atoms with Crippen molar-refractivity contribution in [3.05, 3.63) is 48.0 Å². The molecule has 1 heteroatoms. The lowest BCUT2D eigenvalue weighted by Gasteiger charge is -2.29. The Labute approximate surface area is 116 Å². The Morgan fingerprint density at radius 1 is 0.947 bits per heavy atom. The lowest BCUT2D eigenvalue weighted by Crippen LogP contribution is -2.32. The van der Waals surface area contributed by atoms with Gasteiger partial charge >= 0.3 is 0 Å². The number of piperidine rings is 1. The molecule has 0 radical (unpaired) electrons. The van der Waals surface area contributed by atoms with Crippen molar-refractivity contribution in [2.75, 3.05) is 19.6 Å². The first-order valence-corrected chi connectivity index (χ1v) is 7.54. The lowest BCUT2D eigenvalue weighted by atomic mass is 9.94. The van der Waals surface area contributed by atoms with Crippen LogP contribution in [0.25, 0.3) is 10.8 Å². The van der Waals surface area contributed by atoms with Gasteiger partial charge in [0.2, 0.25) is 0 Å². The Kier molecular flexibility index (Phi) is 3.84. The minimum Gasteiger partial charge on any atom is -0.303 e. The summed E-state index contributed by atoms with van der Waals surface area (Å²) in [5, 5.41) is 2.79. The van der Waals surface area contributed by atoms with E-state index in [9.17, 15) is 0 Å². The first-order valence-electron chi connectivity index (χ1n) is 7.54. The summed E-state index contributed by atoms with van der Waals surface area (Å²) in [5.41, 5.74) is 1.50. The highest BCUT2D eigenvalue weighted by molar-refractivity contribution is 5.86. The van der Waals surface area contributed by atoms with Crippen molar-refractivity contribution in [2.45, 2.75) is 32.1 Å². The molecule has 2 aromatic rings. The van der Waals surface area contributed by atoms with Crippen LogP contribution in [0.1, 0.15) is 37.7 Å². The second-order valence-corrected chi connectivity index (χ2v) is 5.83. The van der Waals surface area contributed by atoms with Gasteiger partial charge in [-0.1, -0.05) is 55.8 Å². The number of likely N-dealkylation sites (tertiary alicyclic amines) is 1. The van der Waals surface area contributed by atoms with Crippen LogP contribution < -0.4 is 0 Å². The average Bonchev–Trinajstić information content (AvgIpc) is 2.47. The molecule has 0 aliphatic carbocycles. The van der Waals surface area contributed by atoms with Gasteiger partial charge in [-0.25, -0.2) is 0 Å². The summed E-state index contributed by atoms with van der Waals surface area (Å²) in [4.78, 5) is 2.63. The van der Waals surface area contributed by atoms with E-state index in [2.05, 4.69) is 54.3 Å². The summed E-state index contributed by atoms with van der Waals surface area (Å²) in [5.74, 6) is 0.615. The molecule has 1 fully saturated rings. The van der Waals surface area contributed by atoms with Crippen LogP contribution >= 0.6 is 0 Å². The fraction of sp³-hybridized carbons (Fsp3) is 0.444. The third-order valence-corrected chi connectivity index (χ3v) is 4.34. The van der Waals surface area contributed by atoms with E-state index in [1.54, 1.807) is 0 Å². The Morgan fingerprint density at radius 3 is 2.53 bits per heavy atom. The lowest BCUT2D eigenvalue weighted by molar-refractivity contribution is 0.219. The molecule has 0 aromatic heterocycles. The van der Waals surface area contributed by atoms with Crippen LogP contribution in [-0.2, 0) is 0 Å². The van der Waals surface area contributed by atoms with E-state index >= 15 is 0 Å². The van der Waals surface area contributed by atoms with Crippen molar-refractivity contribution in [3.63, 3.8) is 0 Å². The molecule has 0 spiro atoms. The van der Waals surface area contributed by atoms with Crippen molar-refractivity contribution < 1.29 is 0 Å². The number of nitrogens with zero attached hydrogens (tertiary/aromatic N) is 1. The fourth-order valence-corrected chi connectivity index (χ4v) is 3.31. The van der Waals surface area contributed by atoms with Crippen molar-refractivity contribution in [1.29, 1.82) is 0 Å². The fourth-order valence-electron chi connectivity index (χ4n) is 3.31. The highest BCUT2D eigenvalue weighted by atomic mass is 15.1. The number of fused-ring (bicyclic) bond motifs is 1. The van der Waals surface area contributed by atoms with Crippen LogP contribution in [-0.4, -0.2) is 24.5 Å². The number of rotatable bonds is 3. The molecule has 1 nitrogen and oxygen atoms in total. The molecule has 3 rings (SSSR count). The quantitative estimate of drug-likeness (QED) is 0.782. The van der Waals surface area contributed by atoms with E-state index in [0.29, 0.717) is 5.92 Å². The predicted octanol–water partition coefficient (Wildman–Crippen LogP) is 4.43. The largest absolute Gasteiger partial charge is 0.303 e. The van der Waals surface area contributed by atoms with Gasteiger partial charge in [0.1, 0.15) is 0 Å². The minimum atomic E-state index is 0.615. The first kappa shape index (κ1) is 12.7. The van der Waals surface area contributed by atoms with Gasteiger partial charge in [-0.3, -0.25) is 0 Å². The van der Waals surface area contributed by atoms with Gasteiger partial charge in [0.05, 0.1) is 0 Å². The normalized spacial score (nSPS) is 18.6. The van der Waals surface area contributed by atoms with Gasteiger partial charge in [0, 0.05) is 6.54 Å². The van der Waals surface area contributed by atoms with E-state index in [0.717, 1.165) is 0 Å². The Hall–Kier alpha value is -1.34. The van der Waals surface area contributed by atoms with Crippen LogP contribution in [0.15, 0.2) is 42.5 Å². The van der Waals surface area contributed by atoms with E-state index in [1.165, 1.54) is 55.2 Å². The van der Waals surface area contributed by atoms with Crippen LogP contribution in [0.3, 0.4) is 0 Å². The Bertz CT molecular complexity index is 535. The first-order chi connectivity index (χ1) is 9.34. The molecule has 1 unspecified atom stereocenters. The van der Waals surface area contributed by atoms with Gasteiger partial charge < -0.3 is 4.90 Å². The van der Waals surface area contributed by atoms with E-state index in [-0.39, 0.29) is 0 Å². The second kappa shape index (κ2) is 5.75. The standard InChI is InChI=1S/C18H23N/c1-15(14-19-12-5-2-6-13-19)17-11-7-9-16-8-3-4-10-18(16)17/h3-4,7-11,15H,2,5-6,12-14H2,1H3. The highest BCUT2D eigenvalue weighted by Crippen LogP contribution is 2.26. The van der Waals surface area contributed by atoms with Gasteiger partial charge in [0.25, 0.3) is 0 Å². The minimum absolute atomic E-state index is 0.615. The molecule has 1 heterocycles. The average molecular weight is 253 g/mol. The maximum Gasteiger partial charge on any atom is 0.00478 e. The summed E-state index contributed by atoms with van der Waals surface area (Å²) in [6.07, 6.45) is 4.17. The molecule has 0 bridgehead atoms. The smallest absolute Gasteiger partial charge is 0.00478 e. The number of hydrogen-bond donors (Lipinski definition) is 0. The molecule has 0 amide bonds. The molecule has 1 aliphatic heterocycles. The zero-order valence-electron chi connectivity index (χ0n) is 11.8. The van der Waals surface area contributed by atoms with Crippen molar-refractivity contribution in [1.82, 2.24) is 4.90 Å².